The first kappa shape index (κ1) is 18.9. The Labute approximate surface area is 163 Å². The summed E-state index contributed by atoms with van der Waals surface area (Å²) < 4.78 is 5.39. The van der Waals surface area contributed by atoms with Crippen LogP contribution in [-0.4, -0.2) is 24.5 Å². The van der Waals surface area contributed by atoms with Crippen molar-refractivity contribution in [1.82, 2.24) is 5.32 Å². The smallest absolute Gasteiger partial charge is 0.414 e. The van der Waals surface area contributed by atoms with Gasteiger partial charge in [-0.05, 0) is 43.9 Å². The molecule has 9 heteroatoms. The number of anilines is 1. The third kappa shape index (κ3) is 4.25. The van der Waals surface area contributed by atoms with Gasteiger partial charge in [0.25, 0.3) is 5.91 Å². The van der Waals surface area contributed by atoms with Gasteiger partial charge in [0.2, 0.25) is 5.91 Å². The van der Waals surface area contributed by atoms with E-state index in [-0.39, 0.29) is 18.9 Å². The van der Waals surface area contributed by atoms with Crippen LogP contribution in [0.2, 0.25) is 4.34 Å². The van der Waals surface area contributed by atoms with Crippen molar-refractivity contribution in [2.75, 3.05) is 11.9 Å². The Hall–Kier alpha value is -1.90. The van der Waals surface area contributed by atoms with E-state index in [4.69, 9.17) is 16.3 Å². The summed E-state index contributed by atoms with van der Waals surface area (Å²) in [6, 6.07) is 3.54. The normalized spacial score (nSPS) is 12.5. The highest BCUT2D eigenvalue weighted by molar-refractivity contribution is 7.17. The van der Waals surface area contributed by atoms with E-state index < -0.39 is 12.0 Å². The molecule has 2 aromatic rings. The van der Waals surface area contributed by atoms with E-state index in [0.29, 0.717) is 14.9 Å². The highest BCUT2D eigenvalue weighted by Gasteiger charge is 2.28. The number of hydrogen-bond donors (Lipinski definition) is 2. The highest BCUT2D eigenvalue weighted by Crippen LogP contribution is 2.39. The molecule has 2 heterocycles. The highest BCUT2D eigenvalue weighted by atomic mass is 35.5. The Morgan fingerprint density at radius 1 is 1.23 bits per heavy atom. The molecule has 0 radical (unpaired) electrons. The fraction of sp³-hybridized carbons (Fsp3) is 0.353. The predicted molar refractivity (Wildman–Crippen MR) is 102 cm³/mol. The first-order valence-corrected chi connectivity index (χ1v) is 10.2. The van der Waals surface area contributed by atoms with E-state index in [1.54, 1.807) is 19.1 Å². The molecule has 3 rings (SSSR count). The molecule has 1 aliphatic rings. The third-order valence-corrected chi connectivity index (χ3v) is 6.29. The number of nitrogens with one attached hydrogen (secondary N) is 2. The first-order valence-electron chi connectivity index (χ1n) is 8.14. The van der Waals surface area contributed by atoms with Gasteiger partial charge in [-0.25, -0.2) is 4.79 Å². The number of imide groups is 1. The van der Waals surface area contributed by atoms with Crippen LogP contribution in [0, 0.1) is 0 Å². The van der Waals surface area contributed by atoms with Gasteiger partial charge in [-0.1, -0.05) is 11.6 Å². The van der Waals surface area contributed by atoms with Gasteiger partial charge in [0, 0.05) is 9.75 Å². The number of fused-ring (bicyclic) bond motifs is 1. The van der Waals surface area contributed by atoms with Crippen molar-refractivity contribution >= 4 is 57.2 Å². The van der Waals surface area contributed by atoms with Crippen molar-refractivity contribution in [2.45, 2.75) is 32.6 Å². The standard InChI is InChI=1S/C17H17ClN2O4S2/c1-2-24-17(23)20-15(22)14-10-4-3-5-11(10)26-16(14)19-13(21)8-9-6-7-12(18)25-9/h6-7H,2-5,8H2,1H3,(H,19,21)(H,20,22,23). The van der Waals surface area contributed by atoms with Gasteiger partial charge in [0.05, 0.1) is 22.9 Å². The zero-order chi connectivity index (χ0) is 18.7. The number of ether oxygens (including phenoxy) is 1. The molecule has 2 aromatic heterocycles. The lowest BCUT2D eigenvalue weighted by molar-refractivity contribution is -0.115. The van der Waals surface area contributed by atoms with Crippen LogP contribution in [0.5, 0.6) is 0 Å². The predicted octanol–water partition coefficient (Wildman–Crippen LogP) is 4.02. The minimum absolute atomic E-state index is 0.174. The number of halogens is 1. The van der Waals surface area contributed by atoms with Crippen LogP contribution < -0.4 is 10.6 Å². The molecule has 0 unspecified atom stereocenters. The van der Waals surface area contributed by atoms with E-state index in [1.165, 1.54) is 22.7 Å². The largest absolute Gasteiger partial charge is 0.450 e. The molecule has 138 valence electrons. The van der Waals surface area contributed by atoms with E-state index in [2.05, 4.69) is 10.6 Å². The molecule has 0 fully saturated rings. The van der Waals surface area contributed by atoms with Gasteiger partial charge >= 0.3 is 6.09 Å². The summed E-state index contributed by atoms with van der Waals surface area (Å²) in [7, 11) is 0. The molecule has 0 atom stereocenters. The SMILES string of the molecule is CCOC(=O)NC(=O)c1c(NC(=O)Cc2ccc(Cl)s2)sc2c1CCC2. The lowest BCUT2D eigenvalue weighted by atomic mass is 10.1. The van der Waals surface area contributed by atoms with Crippen LogP contribution in [-0.2, 0) is 28.8 Å². The van der Waals surface area contributed by atoms with Crippen LogP contribution in [0.25, 0.3) is 0 Å². The summed E-state index contributed by atoms with van der Waals surface area (Å²) in [6.45, 7) is 1.84. The molecule has 0 saturated heterocycles. The molecule has 0 bridgehead atoms. The summed E-state index contributed by atoms with van der Waals surface area (Å²) in [5.74, 6) is -0.772. The maximum absolute atomic E-state index is 12.5. The van der Waals surface area contributed by atoms with E-state index in [0.717, 1.165) is 34.6 Å². The lowest BCUT2D eigenvalue weighted by Gasteiger charge is -2.08. The van der Waals surface area contributed by atoms with Crippen LogP contribution in [0.15, 0.2) is 12.1 Å². The summed E-state index contributed by atoms with van der Waals surface area (Å²) >= 11 is 8.62. The number of carbonyl (C=O) groups is 3. The van der Waals surface area contributed by atoms with Gasteiger partial charge in [-0.15, -0.1) is 22.7 Å². The van der Waals surface area contributed by atoms with Crippen LogP contribution >= 0.6 is 34.3 Å². The Bertz CT molecular complexity index is 859. The van der Waals surface area contributed by atoms with E-state index in [9.17, 15) is 14.4 Å². The third-order valence-electron chi connectivity index (χ3n) is 3.86. The molecule has 0 spiro atoms. The second-order valence-corrected chi connectivity index (χ2v) is 8.57. The van der Waals surface area contributed by atoms with Gasteiger partial charge in [-0.2, -0.15) is 0 Å². The number of amides is 3. The van der Waals surface area contributed by atoms with E-state index >= 15 is 0 Å². The summed E-state index contributed by atoms with van der Waals surface area (Å²) in [6.07, 6.45) is 1.98. The zero-order valence-electron chi connectivity index (χ0n) is 14.0. The Morgan fingerprint density at radius 3 is 2.73 bits per heavy atom. The van der Waals surface area contributed by atoms with Crippen LogP contribution in [0.3, 0.4) is 0 Å². The topological polar surface area (TPSA) is 84.5 Å². The van der Waals surface area contributed by atoms with Gasteiger partial charge in [0.1, 0.15) is 5.00 Å². The maximum atomic E-state index is 12.5. The zero-order valence-corrected chi connectivity index (χ0v) is 16.4. The minimum Gasteiger partial charge on any atom is -0.450 e. The van der Waals surface area contributed by atoms with Crippen molar-refractivity contribution < 1.29 is 19.1 Å². The van der Waals surface area contributed by atoms with Crippen molar-refractivity contribution in [2.24, 2.45) is 0 Å². The molecule has 26 heavy (non-hydrogen) atoms. The van der Waals surface area contributed by atoms with Gasteiger partial charge in [0.15, 0.2) is 0 Å². The quantitative estimate of drug-likeness (QED) is 0.776. The molecule has 0 aliphatic heterocycles. The second-order valence-electron chi connectivity index (χ2n) is 5.67. The van der Waals surface area contributed by atoms with E-state index in [1.807, 2.05) is 0 Å². The van der Waals surface area contributed by atoms with Crippen molar-refractivity contribution in [3.63, 3.8) is 0 Å². The van der Waals surface area contributed by atoms with Gasteiger partial charge < -0.3 is 10.1 Å². The number of thiophene rings is 2. The van der Waals surface area contributed by atoms with Crippen molar-refractivity contribution in [3.05, 3.63) is 37.4 Å². The Balaban J connectivity index is 1.77. The fourth-order valence-corrected chi connectivity index (χ4v) is 5.22. The molecule has 0 aromatic carbocycles. The average molecular weight is 413 g/mol. The molecule has 2 N–H and O–H groups in total. The van der Waals surface area contributed by atoms with Crippen LogP contribution in [0.1, 0.15) is 39.0 Å². The average Bonchev–Trinajstić information content (AvgIpc) is 3.23. The summed E-state index contributed by atoms with van der Waals surface area (Å²) in [5, 5.41) is 5.51. The van der Waals surface area contributed by atoms with Crippen LogP contribution in [0.4, 0.5) is 9.80 Å². The molecule has 1 aliphatic carbocycles. The molecular formula is C17H17ClN2O4S2. The fourth-order valence-electron chi connectivity index (χ4n) is 2.83. The number of carbonyl (C=O) groups excluding carboxylic acids is 3. The number of rotatable bonds is 5. The molecule has 3 amide bonds. The first-order chi connectivity index (χ1) is 12.5. The number of hydrogen-bond acceptors (Lipinski definition) is 6. The van der Waals surface area contributed by atoms with Gasteiger partial charge in [-0.3, -0.25) is 14.9 Å². The Kier molecular flexibility index (Phi) is 5.95. The Morgan fingerprint density at radius 2 is 2.04 bits per heavy atom. The van der Waals surface area contributed by atoms with Crippen molar-refractivity contribution in [3.8, 4) is 0 Å². The molecular weight excluding hydrogens is 396 g/mol. The number of aryl methyl sites for hydroxylation is 1. The van der Waals surface area contributed by atoms with Crippen molar-refractivity contribution in [1.29, 1.82) is 0 Å². The molecule has 0 saturated carbocycles. The molecule has 6 nitrogen and oxygen atoms in total. The monoisotopic (exact) mass is 412 g/mol. The summed E-state index contributed by atoms with van der Waals surface area (Å²) in [5.41, 5.74) is 1.28. The lowest BCUT2D eigenvalue weighted by Crippen LogP contribution is -2.32. The number of alkyl carbamates (subject to hydrolysis) is 1. The second kappa shape index (κ2) is 8.20. The summed E-state index contributed by atoms with van der Waals surface area (Å²) in [4.78, 5) is 38.4. The maximum Gasteiger partial charge on any atom is 0.414 e. The minimum atomic E-state index is -0.791.